The molecule has 2 aromatic rings. The van der Waals surface area contributed by atoms with Crippen molar-refractivity contribution in [3.63, 3.8) is 0 Å². The van der Waals surface area contributed by atoms with Gasteiger partial charge in [0, 0.05) is 11.1 Å². The molecule has 0 heterocycles. The summed E-state index contributed by atoms with van der Waals surface area (Å²) in [6.07, 6.45) is 4.43. The fourth-order valence-electron chi connectivity index (χ4n) is 3.42. The Morgan fingerprint density at radius 3 is 1.38 bits per heavy atom. The van der Waals surface area contributed by atoms with Gasteiger partial charge in [0.2, 0.25) is 11.5 Å². The summed E-state index contributed by atoms with van der Waals surface area (Å²) in [5.74, 6) is 0.815. The van der Waals surface area contributed by atoms with E-state index in [2.05, 4.69) is 9.98 Å². The molecule has 0 saturated heterocycles. The van der Waals surface area contributed by atoms with Gasteiger partial charge in [0.05, 0.1) is 59.1 Å². The zero-order valence-electron chi connectivity index (χ0n) is 21.1. The molecule has 0 spiro atoms. The monoisotopic (exact) mass is 528 g/mol. The summed E-state index contributed by atoms with van der Waals surface area (Å²) >= 11 is 6.35. The zero-order chi connectivity index (χ0) is 27.1. The van der Waals surface area contributed by atoms with Crippen LogP contribution in [0.1, 0.15) is 20.7 Å². The number of rotatable bonds is 8. The van der Waals surface area contributed by atoms with E-state index in [1.165, 1.54) is 85.2 Å². The highest BCUT2D eigenvalue weighted by atomic mass is 35.5. The van der Waals surface area contributed by atoms with Crippen molar-refractivity contribution < 1.29 is 38.0 Å². The van der Waals surface area contributed by atoms with Crippen molar-refractivity contribution >= 4 is 34.8 Å². The highest BCUT2D eigenvalue weighted by Gasteiger charge is 2.20. The molecule has 0 N–H and O–H groups in total. The molecule has 1 aliphatic rings. The number of ether oxygens (including phenoxy) is 6. The molecule has 0 bridgehead atoms. The van der Waals surface area contributed by atoms with Crippen LogP contribution in [0.15, 0.2) is 57.5 Å². The number of carbonyl (C=O) groups is 2. The van der Waals surface area contributed by atoms with E-state index in [0.717, 1.165) is 0 Å². The summed E-state index contributed by atoms with van der Waals surface area (Å²) in [5.41, 5.74) is 0.886. The number of hydrogen-bond acceptors (Lipinski definition) is 8. The lowest BCUT2D eigenvalue weighted by Gasteiger charge is -2.13. The number of benzene rings is 2. The second-order valence-electron chi connectivity index (χ2n) is 7.30. The van der Waals surface area contributed by atoms with Crippen molar-refractivity contribution in [1.29, 1.82) is 0 Å². The van der Waals surface area contributed by atoms with E-state index in [-0.39, 0.29) is 27.6 Å². The predicted octanol–water partition coefficient (Wildman–Crippen LogP) is 4.29. The van der Waals surface area contributed by atoms with Crippen LogP contribution < -0.4 is 28.4 Å². The molecule has 0 radical (unpaired) electrons. The van der Waals surface area contributed by atoms with Crippen molar-refractivity contribution in [2.75, 3.05) is 42.7 Å². The number of hydrogen-bond donors (Lipinski definition) is 0. The summed E-state index contributed by atoms with van der Waals surface area (Å²) in [4.78, 5) is 33.8. The van der Waals surface area contributed by atoms with Gasteiger partial charge in [-0.2, -0.15) is 0 Å². The molecule has 0 atom stereocenters. The van der Waals surface area contributed by atoms with Gasteiger partial charge in [0.1, 0.15) is 0 Å². The van der Waals surface area contributed by atoms with E-state index >= 15 is 0 Å². The maximum absolute atomic E-state index is 12.8. The zero-order valence-corrected chi connectivity index (χ0v) is 21.8. The van der Waals surface area contributed by atoms with Crippen LogP contribution in [-0.4, -0.2) is 65.9 Å². The SMILES string of the molecule is COc1cc(C(=O)N=C2C=CC(=NC(=O)c3cc(OC)c(OC)c(OC)c3)C(Cl)=C2)cc(OC)c1OC. The predicted molar refractivity (Wildman–Crippen MR) is 139 cm³/mol. The maximum Gasteiger partial charge on any atom is 0.277 e. The lowest BCUT2D eigenvalue weighted by atomic mass is 10.1. The highest BCUT2D eigenvalue weighted by Crippen LogP contribution is 2.39. The van der Waals surface area contributed by atoms with Crippen LogP contribution in [0.4, 0.5) is 0 Å². The highest BCUT2D eigenvalue weighted by molar-refractivity contribution is 6.49. The van der Waals surface area contributed by atoms with Crippen molar-refractivity contribution in [3.8, 4) is 34.5 Å². The molecule has 3 rings (SSSR count). The Morgan fingerprint density at radius 1 is 0.622 bits per heavy atom. The Bertz CT molecular complexity index is 1290. The first-order valence-electron chi connectivity index (χ1n) is 10.7. The van der Waals surface area contributed by atoms with Gasteiger partial charge in [-0.25, -0.2) is 9.98 Å². The molecule has 37 heavy (non-hydrogen) atoms. The standard InChI is InChI=1S/C26H25ClN2O8/c1-32-19-9-14(10-20(33-2)23(19)36-5)25(30)28-16-7-8-18(17(27)13-16)29-26(31)15-11-21(34-3)24(37-6)22(12-15)35-4/h7-13H,1-6H3. The molecule has 2 amide bonds. The molecule has 0 aliphatic heterocycles. The largest absolute Gasteiger partial charge is 0.493 e. The van der Waals surface area contributed by atoms with Crippen LogP contribution in [0.5, 0.6) is 34.5 Å². The van der Waals surface area contributed by atoms with Gasteiger partial charge in [-0.05, 0) is 42.5 Å². The molecule has 0 saturated carbocycles. The minimum absolute atomic E-state index is 0.125. The fraction of sp³-hybridized carbons (Fsp3) is 0.231. The molecule has 11 heteroatoms. The van der Waals surface area contributed by atoms with Gasteiger partial charge >= 0.3 is 0 Å². The van der Waals surface area contributed by atoms with Crippen molar-refractivity contribution in [3.05, 3.63) is 58.7 Å². The second-order valence-corrected chi connectivity index (χ2v) is 7.70. The Balaban J connectivity index is 1.87. The average Bonchev–Trinajstić information content (AvgIpc) is 2.92. The molecule has 0 fully saturated rings. The van der Waals surface area contributed by atoms with Crippen molar-refractivity contribution in [2.45, 2.75) is 0 Å². The number of methoxy groups -OCH3 is 6. The summed E-state index contributed by atoms with van der Waals surface area (Å²) in [5, 5.41) is 0.125. The van der Waals surface area contributed by atoms with E-state index in [1.807, 2.05) is 0 Å². The van der Waals surface area contributed by atoms with Crippen LogP contribution in [0.25, 0.3) is 0 Å². The average molecular weight is 529 g/mol. The van der Waals surface area contributed by atoms with Gasteiger partial charge in [0.15, 0.2) is 23.0 Å². The summed E-state index contributed by atoms with van der Waals surface area (Å²) < 4.78 is 31.7. The van der Waals surface area contributed by atoms with E-state index in [0.29, 0.717) is 34.5 Å². The van der Waals surface area contributed by atoms with Crippen LogP contribution >= 0.6 is 11.6 Å². The summed E-state index contributed by atoms with van der Waals surface area (Å²) in [7, 11) is 8.72. The first kappa shape index (κ1) is 27.3. The van der Waals surface area contributed by atoms with Gasteiger partial charge in [-0.3, -0.25) is 9.59 Å². The lowest BCUT2D eigenvalue weighted by molar-refractivity contribution is 0.0994. The molecular formula is C26H25ClN2O8. The Hall–Kier alpha value is -4.31. The van der Waals surface area contributed by atoms with E-state index < -0.39 is 11.8 Å². The van der Waals surface area contributed by atoms with Gasteiger partial charge in [0.25, 0.3) is 11.8 Å². The number of amides is 2. The molecule has 194 valence electrons. The van der Waals surface area contributed by atoms with Crippen LogP contribution in [-0.2, 0) is 0 Å². The van der Waals surface area contributed by atoms with Crippen molar-refractivity contribution in [1.82, 2.24) is 0 Å². The van der Waals surface area contributed by atoms with Crippen LogP contribution in [0.3, 0.4) is 0 Å². The lowest BCUT2D eigenvalue weighted by Crippen LogP contribution is -2.10. The minimum atomic E-state index is -0.584. The van der Waals surface area contributed by atoms with Gasteiger partial charge in [-0.15, -0.1) is 0 Å². The first-order chi connectivity index (χ1) is 17.8. The van der Waals surface area contributed by atoms with Crippen LogP contribution in [0, 0.1) is 0 Å². The summed E-state index contributed by atoms with van der Waals surface area (Å²) in [6.45, 7) is 0. The van der Waals surface area contributed by atoms with Gasteiger partial charge in [-0.1, -0.05) is 11.6 Å². The number of aliphatic imine (C=N–C) groups is 2. The first-order valence-corrected chi connectivity index (χ1v) is 11.1. The maximum atomic E-state index is 12.8. The number of carbonyl (C=O) groups excluding carboxylic acids is 2. The fourth-order valence-corrected chi connectivity index (χ4v) is 3.64. The third-order valence-corrected chi connectivity index (χ3v) is 5.51. The van der Waals surface area contributed by atoms with E-state index in [1.54, 1.807) is 0 Å². The number of halogens is 1. The molecule has 2 aromatic carbocycles. The third-order valence-electron chi connectivity index (χ3n) is 5.21. The molecule has 1 aliphatic carbocycles. The molecule has 0 unspecified atom stereocenters. The van der Waals surface area contributed by atoms with Gasteiger partial charge < -0.3 is 28.4 Å². The minimum Gasteiger partial charge on any atom is -0.493 e. The smallest absolute Gasteiger partial charge is 0.277 e. The molecule has 10 nitrogen and oxygen atoms in total. The van der Waals surface area contributed by atoms with Crippen molar-refractivity contribution in [2.24, 2.45) is 9.98 Å². The van der Waals surface area contributed by atoms with E-state index in [9.17, 15) is 9.59 Å². The third kappa shape index (κ3) is 5.92. The topological polar surface area (TPSA) is 114 Å². The Kier molecular flexibility index (Phi) is 8.91. The van der Waals surface area contributed by atoms with Crippen LogP contribution in [0.2, 0.25) is 0 Å². The number of allylic oxidation sites excluding steroid dienone is 4. The Morgan fingerprint density at radius 2 is 1.03 bits per heavy atom. The molecule has 0 aromatic heterocycles. The quantitative estimate of drug-likeness (QED) is 0.466. The second kappa shape index (κ2) is 12.1. The Labute approximate surface area is 218 Å². The number of nitrogens with zero attached hydrogens (tertiary/aromatic N) is 2. The molecular weight excluding hydrogens is 504 g/mol. The van der Waals surface area contributed by atoms with E-state index in [4.69, 9.17) is 40.0 Å². The normalized spacial score (nSPS) is 14.7. The summed E-state index contributed by atoms with van der Waals surface area (Å²) in [6, 6.07) is 5.96.